The van der Waals surface area contributed by atoms with Gasteiger partial charge in [0.05, 0.1) is 6.04 Å². The minimum absolute atomic E-state index is 0.0480. The van der Waals surface area contributed by atoms with Crippen LogP contribution < -0.4 is 10.6 Å². The smallest absolute Gasteiger partial charge is 0.315 e. The van der Waals surface area contributed by atoms with Crippen molar-refractivity contribution in [1.82, 2.24) is 36.2 Å². The zero-order valence-electron chi connectivity index (χ0n) is 11.2. The first-order chi connectivity index (χ1) is 9.59. The summed E-state index contributed by atoms with van der Waals surface area (Å²) in [5.74, 6) is 0.561. The molecule has 0 radical (unpaired) electrons. The Labute approximate surface area is 115 Å². The number of likely N-dealkylation sites (tertiary alicyclic amines) is 1. The van der Waals surface area contributed by atoms with Crippen LogP contribution in [0, 0.1) is 0 Å². The lowest BCUT2D eigenvalue weighted by atomic mass is 9.76. The third kappa shape index (κ3) is 2.19. The van der Waals surface area contributed by atoms with Gasteiger partial charge in [0.2, 0.25) is 5.91 Å². The fourth-order valence-corrected chi connectivity index (χ4v) is 2.70. The number of urea groups is 1. The molecule has 1 saturated carbocycles. The van der Waals surface area contributed by atoms with Crippen molar-refractivity contribution in [2.24, 2.45) is 0 Å². The van der Waals surface area contributed by atoms with E-state index in [0.717, 1.165) is 19.3 Å². The first-order valence-electron chi connectivity index (χ1n) is 6.66. The number of likely N-dealkylation sites (N-methyl/N-ethyl adjacent to an activating group) is 1. The number of tetrazole rings is 1. The Morgan fingerprint density at radius 1 is 1.50 bits per heavy atom. The first-order valence-corrected chi connectivity index (χ1v) is 6.66. The second kappa shape index (κ2) is 4.73. The van der Waals surface area contributed by atoms with Gasteiger partial charge in [-0.2, -0.15) is 5.21 Å². The number of H-pyrrole nitrogens is 1. The van der Waals surface area contributed by atoms with Crippen molar-refractivity contribution in [2.75, 3.05) is 13.6 Å². The van der Waals surface area contributed by atoms with Gasteiger partial charge < -0.3 is 15.5 Å². The summed E-state index contributed by atoms with van der Waals surface area (Å²) < 4.78 is 0. The number of aromatic amines is 1. The summed E-state index contributed by atoms with van der Waals surface area (Å²) in [6, 6.07) is -0.433. The van der Waals surface area contributed by atoms with Crippen molar-refractivity contribution >= 4 is 11.9 Å². The molecule has 2 heterocycles. The van der Waals surface area contributed by atoms with E-state index in [4.69, 9.17) is 0 Å². The molecule has 1 aromatic heterocycles. The Balaban J connectivity index is 1.60. The molecule has 9 heteroatoms. The van der Waals surface area contributed by atoms with Gasteiger partial charge in [-0.1, -0.05) is 5.21 Å². The molecule has 1 saturated heterocycles. The molecular weight excluding hydrogens is 262 g/mol. The SMILES string of the molecule is CN1CC(NC(=O)NC2(c3nn[nH]n3)CCC2)CC1=O. The highest BCUT2D eigenvalue weighted by atomic mass is 16.2. The Bertz CT molecular complexity index is 511. The number of carbonyl (C=O) groups excluding carboxylic acids is 2. The number of nitrogens with one attached hydrogen (secondary N) is 3. The standard InChI is InChI=1S/C11H17N7O2/c1-18-6-7(5-8(18)19)12-10(20)13-11(3-2-4-11)9-14-16-17-15-9/h7H,2-6H2,1H3,(H2,12,13,20)(H,14,15,16,17). The first kappa shape index (κ1) is 12.8. The van der Waals surface area contributed by atoms with E-state index in [1.54, 1.807) is 11.9 Å². The maximum Gasteiger partial charge on any atom is 0.315 e. The predicted molar refractivity (Wildman–Crippen MR) is 67.4 cm³/mol. The second-order valence-corrected chi connectivity index (χ2v) is 5.44. The molecule has 1 aliphatic heterocycles. The monoisotopic (exact) mass is 279 g/mol. The number of aromatic nitrogens is 4. The van der Waals surface area contributed by atoms with Gasteiger partial charge in [0.25, 0.3) is 0 Å². The summed E-state index contributed by atoms with van der Waals surface area (Å²) in [4.78, 5) is 25.1. The van der Waals surface area contributed by atoms with Gasteiger partial charge in [0.15, 0.2) is 5.82 Å². The summed E-state index contributed by atoms with van der Waals surface area (Å²) in [6.45, 7) is 0.543. The van der Waals surface area contributed by atoms with Crippen LogP contribution in [-0.2, 0) is 10.3 Å². The number of hydrogen-bond donors (Lipinski definition) is 3. The molecule has 0 spiro atoms. The van der Waals surface area contributed by atoms with Gasteiger partial charge in [-0.3, -0.25) is 4.79 Å². The van der Waals surface area contributed by atoms with E-state index in [0.29, 0.717) is 18.8 Å². The zero-order chi connectivity index (χ0) is 14.2. The highest BCUT2D eigenvalue weighted by Crippen LogP contribution is 2.38. The van der Waals surface area contributed by atoms with E-state index < -0.39 is 5.54 Å². The third-order valence-corrected chi connectivity index (χ3v) is 4.01. The van der Waals surface area contributed by atoms with Crippen molar-refractivity contribution in [2.45, 2.75) is 37.3 Å². The Morgan fingerprint density at radius 3 is 2.80 bits per heavy atom. The molecule has 3 amide bonds. The van der Waals surface area contributed by atoms with Gasteiger partial charge in [-0.05, 0) is 19.3 Å². The van der Waals surface area contributed by atoms with E-state index in [1.165, 1.54) is 0 Å². The van der Waals surface area contributed by atoms with Crippen molar-refractivity contribution < 1.29 is 9.59 Å². The van der Waals surface area contributed by atoms with Gasteiger partial charge in [0, 0.05) is 20.0 Å². The van der Waals surface area contributed by atoms with Crippen molar-refractivity contribution in [1.29, 1.82) is 0 Å². The molecule has 0 bridgehead atoms. The molecule has 1 aromatic rings. The number of hydrogen-bond acceptors (Lipinski definition) is 5. The normalized spacial score (nSPS) is 24.4. The molecule has 9 nitrogen and oxygen atoms in total. The van der Waals surface area contributed by atoms with Gasteiger partial charge in [-0.25, -0.2) is 4.79 Å². The van der Waals surface area contributed by atoms with Crippen LogP contribution in [-0.4, -0.2) is 57.1 Å². The van der Waals surface area contributed by atoms with E-state index in [9.17, 15) is 9.59 Å². The topological polar surface area (TPSA) is 116 Å². The average Bonchev–Trinajstić information content (AvgIpc) is 2.96. The number of amides is 3. The summed E-state index contributed by atoms with van der Waals surface area (Å²) in [5, 5.41) is 19.6. The molecule has 2 fully saturated rings. The Morgan fingerprint density at radius 2 is 2.30 bits per heavy atom. The molecule has 2 aliphatic rings. The molecule has 0 aromatic carbocycles. The summed E-state index contributed by atoms with van der Waals surface area (Å²) in [7, 11) is 1.73. The lowest BCUT2D eigenvalue weighted by molar-refractivity contribution is -0.126. The summed E-state index contributed by atoms with van der Waals surface area (Å²) >= 11 is 0. The summed E-state index contributed by atoms with van der Waals surface area (Å²) in [5.41, 5.74) is -0.522. The van der Waals surface area contributed by atoms with Gasteiger partial charge in [0.1, 0.15) is 5.54 Å². The second-order valence-electron chi connectivity index (χ2n) is 5.44. The number of carbonyl (C=O) groups is 2. The fraction of sp³-hybridized carbons (Fsp3) is 0.727. The van der Waals surface area contributed by atoms with E-state index in [-0.39, 0.29) is 18.0 Å². The van der Waals surface area contributed by atoms with Crippen LogP contribution in [0.4, 0.5) is 4.79 Å². The van der Waals surface area contributed by atoms with Gasteiger partial charge >= 0.3 is 6.03 Å². The Hall–Kier alpha value is -2.19. The van der Waals surface area contributed by atoms with Crippen LogP contribution in [0.15, 0.2) is 0 Å². The molecular formula is C11H17N7O2. The molecule has 20 heavy (non-hydrogen) atoms. The fourth-order valence-electron chi connectivity index (χ4n) is 2.70. The summed E-state index contributed by atoms with van der Waals surface area (Å²) in [6.07, 6.45) is 2.95. The third-order valence-electron chi connectivity index (χ3n) is 4.01. The number of rotatable bonds is 3. The lowest BCUT2D eigenvalue weighted by Gasteiger charge is -2.39. The van der Waals surface area contributed by atoms with Crippen LogP contribution in [0.2, 0.25) is 0 Å². The van der Waals surface area contributed by atoms with Crippen molar-refractivity contribution in [3.8, 4) is 0 Å². The molecule has 3 N–H and O–H groups in total. The zero-order valence-corrected chi connectivity index (χ0v) is 11.2. The van der Waals surface area contributed by atoms with E-state index in [2.05, 4.69) is 31.3 Å². The van der Waals surface area contributed by atoms with Crippen LogP contribution in [0.25, 0.3) is 0 Å². The van der Waals surface area contributed by atoms with Crippen LogP contribution in [0.1, 0.15) is 31.5 Å². The van der Waals surface area contributed by atoms with Crippen molar-refractivity contribution in [3.63, 3.8) is 0 Å². The highest BCUT2D eigenvalue weighted by molar-refractivity contribution is 5.81. The highest BCUT2D eigenvalue weighted by Gasteiger charge is 2.44. The minimum Gasteiger partial charge on any atom is -0.344 e. The van der Waals surface area contributed by atoms with Crippen LogP contribution in [0.3, 0.4) is 0 Å². The minimum atomic E-state index is -0.522. The molecule has 108 valence electrons. The van der Waals surface area contributed by atoms with E-state index >= 15 is 0 Å². The Kier molecular flexibility index (Phi) is 3.03. The quantitative estimate of drug-likeness (QED) is 0.663. The lowest BCUT2D eigenvalue weighted by Crippen LogP contribution is -2.56. The number of nitrogens with zero attached hydrogens (tertiary/aromatic N) is 4. The largest absolute Gasteiger partial charge is 0.344 e. The molecule has 1 aliphatic carbocycles. The van der Waals surface area contributed by atoms with Crippen LogP contribution in [0.5, 0.6) is 0 Å². The van der Waals surface area contributed by atoms with Crippen molar-refractivity contribution in [3.05, 3.63) is 5.82 Å². The molecule has 3 rings (SSSR count). The molecule has 1 unspecified atom stereocenters. The maximum atomic E-state index is 12.1. The predicted octanol–water partition coefficient (Wildman–Crippen LogP) is -0.891. The molecule has 1 atom stereocenters. The maximum absolute atomic E-state index is 12.1. The van der Waals surface area contributed by atoms with Gasteiger partial charge in [-0.15, -0.1) is 10.2 Å². The van der Waals surface area contributed by atoms with E-state index in [1.807, 2.05) is 0 Å². The average molecular weight is 279 g/mol. The van der Waals surface area contributed by atoms with Crippen LogP contribution >= 0.6 is 0 Å².